The number of nitrogens with zero attached hydrogens (tertiary/aromatic N) is 4. The third kappa shape index (κ3) is 5.53. The molecule has 7 nitrogen and oxygen atoms in total. The van der Waals surface area contributed by atoms with E-state index < -0.39 is 0 Å². The van der Waals surface area contributed by atoms with Gasteiger partial charge in [0.1, 0.15) is 0 Å². The molecule has 1 aliphatic rings. The van der Waals surface area contributed by atoms with Crippen LogP contribution in [0.5, 0.6) is 0 Å². The molecule has 0 unspecified atom stereocenters. The lowest BCUT2D eigenvalue weighted by molar-refractivity contribution is 0.0929. The van der Waals surface area contributed by atoms with Crippen molar-refractivity contribution in [2.45, 2.75) is 64.3 Å². The average molecular weight is 617 g/mol. The van der Waals surface area contributed by atoms with Crippen LogP contribution in [-0.2, 0) is 5.41 Å². The fourth-order valence-corrected chi connectivity index (χ4v) is 5.36. The molecular weight excluding hydrogens is 589 g/mol. The summed E-state index contributed by atoms with van der Waals surface area (Å²) in [5, 5.41) is 17.6. The minimum atomic E-state index is -0.369. The summed E-state index contributed by atoms with van der Waals surface area (Å²) < 4.78 is 8.66. The summed E-state index contributed by atoms with van der Waals surface area (Å²) >= 11 is 16.4. The van der Waals surface area contributed by atoms with Crippen LogP contribution in [-0.4, -0.2) is 31.9 Å². The van der Waals surface area contributed by atoms with E-state index in [0.717, 1.165) is 35.7 Å². The number of halogens is 3. The molecule has 1 fully saturated rings. The Labute approximate surface area is 240 Å². The molecule has 2 aromatic carbocycles. The number of hydrogen-bond acceptors (Lipinski definition) is 5. The standard InChI is InChI=1S/C28H28BrCl2N5O2/c1-28(2,3)27-34-33-26(38-27)23-22(25(37)32-19-7-5-4-6-8-19)24(16-9-11-17(29)12-10-16)36(35-23)21-14-13-18(30)15-20(21)31/h9-15,19H,4-8H2,1-3H3,(H,32,37). The molecule has 2 aromatic heterocycles. The number of carbonyl (C=O) groups is 1. The highest BCUT2D eigenvalue weighted by Crippen LogP contribution is 2.38. The molecule has 0 spiro atoms. The Morgan fingerprint density at radius 3 is 2.39 bits per heavy atom. The van der Waals surface area contributed by atoms with E-state index in [1.807, 2.05) is 45.0 Å². The molecule has 198 valence electrons. The zero-order valence-corrected chi connectivity index (χ0v) is 24.5. The normalized spacial score (nSPS) is 14.6. The molecule has 5 rings (SSSR count). The summed E-state index contributed by atoms with van der Waals surface area (Å²) in [5.74, 6) is 0.387. The van der Waals surface area contributed by atoms with Crippen molar-refractivity contribution >= 4 is 45.0 Å². The van der Waals surface area contributed by atoms with Crippen molar-refractivity contribution in [3.63, 3.8) is 0 Å². The molecular formula is C28H28BrCl2N5O2. The Hall–Kier alpha value is -2.68. The second kappa shape index (κ2) is 10.8. The summed E-state index contributed by atoms with van der Waals surface area (Å²) in [5.41, 5.74) is 2.20. The summed E-state index contributed by atoms with van der Waals surface area (Å²) in [6, 6.07) is 13.0. The summed E-state index contributed by atoms with van der Waals surface area (Å²) in [6.45, 7) is 5.96. The zero-order chi connectivity index (χ0) is 27.0. The van der Waals surface area contributed by atoms with Gasteiger partial charge in [-0.1, -0.05) is 91.3 Å². The molecule has 1 amide bonds. The summed E-state index contributed by atoms with van der Waals surface area (Å²) in [7, 11) is 0. The second-order valence-electron chi connectivity index (χ2n) is 10.6. The molecule has 4 aromatic rings. The van der Waals surface area contributed by atoms with E-state index >= 15 is 0 Å². The smallest absolute Gasteiger partial charge is 0.269 e. The van der Waals surface area contributed by atoms with Crippen LogP contribution in [0.3, 0.4) is 0 Å². The maximum Gasteiger partial charge on any atom is 0.269 e. The molecule has 10 heteroatoms. The Morgan fingerprint density at radius 2 is 1.76 bits per heavy atom. The van der Waals surface area contributed by atoms with Gasteiger partial charge >= 0.3 is 0 Å². The number of amides is 1. The van der Waals surface area contributed by atoms with E-state index in [2.05, 4.69) is 31.4 Å². The number of carbonyl (C=O) groups excluding carboxylic acids is 1. The van der Waals surface area contributed by atoms with Crippen LogP contribution in [0, 0.1) is 0 Å². The van der Waals surface area contributed by atoms with Crippen molar-refractivity contribution in [1.29, 1.82) is 0 Å². The minimum absolute atomic E-state index is 0.0946. The van der Waals surface area contributed by atoms with Gasteiger partial charge in [0.2, 0.25) is 5.89 Å². The fraction of sp³-hybridized carbons (Fsp3) is 0.357. The lowest BCUT2D eigenvalue weighted by atomic mass is 9.95. The van der Waals surface area contributed by atoms with Crippen LogP contribution in [0.25, 0.3) is 28.5 Å². The van der Waals surface area contributed by atoms with Crippen LogP contribution in [0.15, 0.2) is 51.4 Å². The quantitative estimate of drug-likeness (QED) is 0.245. The van der Waals surface area contributed by atoms with E-state index in [1.54, 1.807) is 22.9 Å². The van der Waals surface area contributed by atoms with Crippen molar-refractivity contribution in [2.75, 3.05) is 0 Å². The molecule has 1 aliphatic carbocycles. The first kappa shape index (κ1) is 26.9. The Bertz CT molecular complexity index is 1470. The number of aromatic nitrogens is 4. The second-order valence-corrected chi connectivity index (χ2v) is 12.3. The van der Waals surface area contributed by atoms with Gasteiger partial charge in [-0.2, -0.15) is 5.10 Å². The Kier molecular flexibility index (Phi) is 7.67. The van der Waals surface area contributed by atoms with Crippen LogP contribution < -0.4 is 5.32 Å². The molecule has 0 aliphatic heterocycles. The van der Waals surface area contributed by atoms with E-state index in [9.17, 15) is 4.79 Å². The van der Waals surface area contributed by atoms with E-state index in [1.165, 1.54) is 6.42 Å². The van der Waals surface area contributed by atoms with E-state index in [-0.39, 0.29) is 23.3 Å². The van der Waals surface area contributed by atoms with Crippen molar-refractivity contribution in [1.82, 2.24) is 25.3 Å². The minimum Gasteiger partial charge on any atom is -0.419 e. The highest BCUT2D eigenvalue weighted by Gasteiger charge is 2.32. The molecule has 38 heavy (non-hydrogen) atoms. The summed E-state index contributed by atoms with van der Waals surface area (Å²) in [4.78, 5) is 14.0. The topological polar surface area (TPSA) is 85.8 Å². The van der Waals surface area contributed by atoms with Crippen molar-refractivity contribution in [3.8, 4) is 28.5 Å². The molecule has 2 heterocycles. The van der Waals surface area contributed by atoms with Gasteiger partial charge in [0.05, 0.1) is 22.0 Å². The van der Waals surface area contributed by atoms with Gasteiger partial charge in [-0.25, -0.2) is 4.68 Å². The molecule has 1 N–H and O–H groups in total. The van der Waals surface area contributed by atoms with Crippen LogP contribution in [0.1, 0.15) is 69.1 Å². The highest BCUT2D eigenvalue weighted by atomic mass is 79.9. The first-order valence-electron chi connectivity index (χ1n) is 12.6. The third-order valence-corrected chi connectivity index (χ3v) is 7.64. The lowest BCUT2D eigenvalue weighted by Gasteiger charge is -2.23. The van der Waals surface area contributed by atoms with Crippen LogP contribution in [0.4, 0.5) is 0 Å². The van der Waals surface area contributed by atoms with Gasteiger partial charge in [-0.15, -0.1) is 10.2 Å². The van der Waals surface area contributed by atoms with Crippen LogP contribution in [0.2, 0.25) is 10.0 Å². The maximum atomic E-state index is 14.0. The molecule has 0 atom stereocenters. The number of nitrogens with one attached hydrogen (secondary N) is 1. The SMILES string of the molecule is CC(C)(C)c1nnc(-c2nn(-c3ccc(Cl)cc3Cl)c(-c3ccc(Br)cc3)c2C(=O)NC2CCCCC2)o1. The monoisotopic (exact) mass is 615 g/mol. The first-order valence-corrected chi connectivity index (χ1v) is 14.2. The van der Waals surface area contributed by atoms with Gasteiger partial charge < -0.3 is 9.73 Å². The van der Waals surface area contributed by atoms with Gasteiger partial charge in [-0.3, -0.25) is 4.79 Å². The van der Waals surface area contributed by atoms with Crippen LogP contribution >= 0.6 is 39.1 Å². The fourth-order valence-electron chi connectivity index (χ4n) is 4.61. The Balaban J connectivity index is 1.76. The highest BCUT2D eigenvalue weighted by molar-refractivity contribution is 9.10. The summed E-state index contributed by atoms with van der Waals surface area (Å²) in [6.07, 6.45) is 5.26. The Morgan fingerprint density at radius 1 is 1.05 bits per heavy atom. The average Bonchev–Trinajstić information content (AvgIpc) is 3.51. The number of benzene rings is 2. The molecule has 1 saturated carbocycles. The third-order valence-electron chi connectivity index (χ3n) is 6.58. The van der Waals surface area contributed by atoms with Crippen molar-refractivity contribution in [2.24, 2.45) is 0 Å². The molecule has 0 radical (unpaired) electrons. The predicted octanol–water partition coefficient (Wildman–Crippen LogP) is 8.02. The number of rotatable bonds is 5. The van der Waals surface area contributed by atoms with E-state index in [4.69, 9.17) is 32.7 Å². The van der Waals surface area contributed by atoms with Gasteiger partial charge in [0.15, 0.2) is 5.69 Å². The molecule has 0 bridgehead atoms. The molecule has 0 saturated heterocycles. The zero-order valence-electron chi connectivity index (χ0n) is 21.4. The predicted molar refractivity (Wildman–Crippen MR) is 153 cm³/mol. The van der Waals surface area contributed by atoms with Gasteiger partial charge in [-0.05, 0) is 43.2 Å². The van der Waals surface area contributed by atoms with Crippen molar-refractivity contribution < 1.29 is 9.21 Å². The van der Waals surface area contributed by atoms with E-state index in [0.29, 0.717) is 38.6 Å². The van der Waals surface area contributed by atoms with Gasteiger partial charge in [0, 0.05) is 26.5 Å². The van der Waals surface area contributed by atoms with Gasteiger partial charge in [0.25, 0.3) is 11.8 Å². The maximum absolute atomic E-state index is 14.0. The number of hydrogen-bond donors (Lipinski definition) is 1. The van der Waals surface area contributed by atoms with Crippen molar-refractivity contribution in [3.05, 3.63) is 68.4 Å². The largest absolute Gasteiger partial charge is 0.419 e. The lowest BCUT2D eigenvalue weighted by Crippen LogP contribution is -2.36. The first-order chi connectivity index (χ1) is 18.1.